The highest BCUT2D eigenvalue weighted by Crippen LogP contribution is 2.29. The van der Waals surface area contributed by atoms with E-state index < -0.39 is 28.5 Å². The molecule has 1 N–H and O–H groups in total. The Morgan fingerprint density at radius 2 is 1.43 bits per heavy atom. The minimum absolute atomic E-state index is 0.0171. The molecule has 5 rings (SSSR count). The molecule has 1 aliphatic carbocycles. The number of anilines is 1. The number of amides is 2. The van der Waals surface area contributed by atoms with E-state index in [-0.39, 0.29) is 35.5 Å². The van der Waals surface area contributed by atoms with Gasteiger partial charge in [-0.15, -0.1) is 0 Å². The van der Waals surface area contributed by atoms with E-state index in [9.17, 15) is 18.0 Å². The van der Waals surface area contributed by atoms with Gasteiger partial charge in [0.2, 0.25) is 11.8 Å². The van der Waals surface area contributed by atoms with Gasteiger partial charge in [-0.2, -0.15) is 0 Å². The molecule has 0 bridgehead atoms. The molecule has 4 aromatic rings. The van der Waals surface area contributed by atoms with Crippen LogP contribution in [-0.4, -0.2) is 58.0 Å². The molecular weight excluding hydrogens is 639 g/mol. The van der Waals surface area contributed by atoms with Gasteiger partial charge in [-0.05, 0) is 67.3 Å². The molecule has 0 unspecified atom stereocenters. The summed E-state index contributed by atoms with van der Waals surface area (Å²) in [6.45, 7) is 1.39. The maximum Gasteiger partial charge on any atom is 0.264 e. The summed E-state index contributed by atoms with van der Waals surface area (Å²) < 4.78 is 40.6. The van der Waals surface area contributed by atoms with E-state index >= 15 is 0 Å². The van der Waals surface area contributed by atoms with Crippen molar-refractivity contribution in [1.29, 1.82) is 0 Å². The molecule has 4 aromatic carbocycles. The van der Waals surface area contributed by atoms with E-state index in [2.05, 4.69) is 5.32 Å². The molecule has 0 heterocycles. The summed E-state index contributed by atoms with van der Waals surface area (Å²) in [4.78, 5) is 30.6. The third kappa shape index (κ3) is 9.20. The Morgan fingerprint density at radius 3 is 2.10 bits per heavy atom. The second-order valence-electron chi connectivity index (χ2n) is 12.4. The number of methoxy groups -OCH3 is 2. The summed E-state index contributed by atoms with van der Waals surface area (Å²) in [5.41, 5.74) is 2.79. The van der Waals surface area contributed by atoms with E-state index in [1.807, 2.05) is 61.5 Å². The number of carbonyl (C=O) groups excluding carboxylic acids is 2. The Kier molecular flexibility index (Phi) is 12.0. The first-order valence-electron chi connectivity index (χ1n) is 16.7. The molecule has 0 radical (unpaired) electrons. The summed E-state index contributed by atoms with van der Waals surface area (Å²) in [6.07, 6.45) is 5.22. The van der Waals surface area contributed by atoms with Gasteiger partial charge >= 0.3 is 0 Å². The second kappa shape index (κ2) is 16.5. The fraction of sp³-hybridized carbons (Fsp3) is 0.333. The van der Waals surface area contributed by atoms with Crippen molar-refractivity contribution in [2.24, 2.45) is 0 Å². The van der Waals surface area contributed by atoms with E-state index in [0.717, 1.165) is 53.1 Å². The van der Waals surface area contributed by atoms with Crippen molar-refractivity contribution in [3.8, 4) is 11.5 Å². The van der Waals surface area contributed by atoms with Crippen LogP contribution in [0.1, 0.15) is 48.8 Å². The minimum atomic E-state index is -4.23. The molecule has 0 aromatic heterocycles. The predicted molar refractivity (Wildman–Crippen MR) is 191 cm³/mol. The normalized spacial score (nSPS) is 14.0. The van der Waals surface area contributed by atoms with E-state index in [1.54, 1.807) is 43.5 Å². The van der Waals surface area contributed by atoms with Crippen LogP contribution in [0.3, 0.4) is 0 Å². The molecule has 1 atom stereocenters. The zero-order valence-electron chi connectivity index (χ0n) is 28.4. The maximum absolute atomic E-state index is 14.8. The van der Waals surface area contributed by atoms with Crippen molar-refractivity contribution < 1.29 is 27.5 Å². The monoisotopic (exact) mass is 683 g/mol. The zero-order chi connectivity index (χ0) is 34.8. The number of aryl methyl sites for hydroxylation is 1. The van der Waals surface area contributed by atoms with Gasteiger partial charge in [0.05, 0.1) is 24.8 Å². The van der Waals surface area contributed by atoms with Crippen molar-refractivity contribution in [3.05, 3.63) is 120 Å². The standard InChI is InChI=1S/C39H45N3O6S/c1-29-20-22-36(23-21-29)49(45,46)42(33-17-11-19-35(26-33)48-3)28-38(43)41(27-31-14-10-18-34(24-31)47-2)37(25-30-12-6-4-7-13-30)39(44)40-32-15-8-5-9-16-32/h4,6-7,10-14,17-24,26,32,37H,5,8-9,15-16,25,27-28H2,1-3H3,(H,40,44)/t37-/m0/s1. The summed E-state index contributed by atoms with van der Waals surface area (Å²) in [7, 11) is -1.16. The highest BCUT2D eigenvalue weighted by Gasteiger charge is 2.35. The Balaban J connectivity index is 1.58. The predicted octanol–water partition coefficient (Wildman–Crippen LogP) is 6.30. The summed E-state index contributed by atoms with van der Waals surface area (Å²) >= 11 is 0. The minimum Gasteiger partial charge on any atom is -0.497 e. The van der Waals surface area contributed by atoms with Crippen LogP contribution >= 0.6 is 0 Å². The Hall–Kier alpha value is -4.83. The molecule has 2 amide bonds. The summed E-state index contributed by atoms with van der Waals surface area (Å²) in [6, 6.07) is 29.1. The zero-order valence-corrected chi connectivity index (χ0v) is 29.2. The van der Waals surface area contributed by atoms with Crippen molar-refractivity contribution in [2.45, 2.75) is 69.0 Å². The first-order chi connectivity index (χ1) is 23.7. The number of carbonyl (C=O) groups is 2. The number of rotatable bonds is 14. The molecule has 1 fully saturated rings. The SMILES string of the molecule is COc1cccc(CN(C(=O)CN(c2cccc(OC)c2)S(=O)(=O)c2ccc(C)cc2)[C@@H](Cc2ccccc2)C(=O)NC2CCCCC2)c1. The molecule has 0 saturated heterocycles. The molecule has 258 valence electrons. The van der Waals surface area contributed by atoms with E-state index in [4.69, 9.17) is 9.47 Å². The van der Waals surface area contributed by atoms with Crippen molar-refractivity contribution >= 4 is 27.5 Å². The van der Waals surface area contributed by atoms with Crippen molar-refractivity contribution in [2.75, 3.05) is 25.1 Å². The van der Waals surface area contributed by atoms with Gasteiger partial charge in [0.1, 0.15) is 24.1 Å². The van der Waals surface area contributed by atoms with Crippen LogP contribution in [0.15, 0.2) is 108 Å². The van der Waals surface area contributed by atoms with Crippen LogP contribution in [-0.2, 0) is 32.6 Å². The lowest BCUT2D eigenvalue weighted by molar-refractivity contribution is -0.140. The fourth-order valence-corrected chi connectivity index (χ4v) is 7.60. The van der Waals surface area contributed by atoms with Gasteiger partial charge < -0.3 is 19.7 Å². The molecule has 1 saturated carbocycles. The van der Waals surface area contributed by atoms with Gasteiger partial charge in [0.15, 0.2) is 0 Å². The largest absolute Gasteiger partial charge is 0.497 e. The fourth-order valence-electron chi connectivity index (χ4n) is 6.20. The van der Waals surface area contributed by atoms with Crippen LogP contribution in [0, 0.1) is 6.92 Å². The van der Waals surface area contributed by atoms with Gasteiger partial charge in [-0.3, -0.25) is 13.9 Å². The third-order valence-electron chi connectivity index (χ3n) is 8.94. The number of hydrogen-bond acceptors (Lipinski definition) is 6. The first-order valence-corrected chi connectivity index (χ1v) is 18.1. The van der Waals surface area contributed by atoms with Crippen LogP contribution in [0.5, 0.6) is 11.5 Å². The van der Waals surface area contributed by atoms with Gasteiger partial charge in [0.25, 0.3) is 10.0 Å². The molecule has 10 heteroatoms. The van der Waals surface area contributed by atoms with Crippen molar-refractivity contribution in [1.82, 2.24) is 10.2 Å². The Labute approximate surface area is 289 Å². The number of benzene rings is 4. The van der Waals surface area contributed by atoms with Crippen LogP contribution in [0.2, 0.25) is 0 Å². The van der Waals surface area contributed by atoms with Crippen molar-refractivity contribution in [3.63, 3.8) is 0 Å². The maximum atomic E-state index is 14.8. The average molecular weight is 684 g/mol. The topological polar surface area (TPSA) is 105 Å². The lowest BCUT2D eigenvalue weighted by Crippen LogP contribution is -2.55. The second-order valence-corrected chi connectivity index (χ2v) is 14.3. The summed E-state index contributed by atoms with van der Waals surface area (Å²) in [5.74, 6) is 0.259. The lowest BCUT2D eigenvalue weighted by atomic mass is 9.94. The molecule has 49 heavy (non-hydrogen) atoms. The molecule has 1 aliphatic rings. The van der Waals surface area contributed by atoms with Crippen LogP contribution in [0.25, 0.3) is 0 Å². The quantitative estimate of drug-likeness (QED) is 0.167. The van der Waals surface area contributed by atoms with E-state index in [0.29, 0.717) is 11.5 Å². The lowest BCUT2D eigenvalue weighted by Gasteiger charge is -2.35. The third-order valence-corrected chi connectivity index (χ3v) is 10.7. The van der Waals surface area contributed by atoms with Crippen LogP contribution in [0.4, 0.5) is 5.69 Å². The van der Waals surface area contributed by atoms with Gasteiger partial charge in [0, 0.05) is 25.1 Å². The smallest absolute Gasteiger partial charge is 0.264 e. The Morgan fingerprint density at radius 1 is 0.796 bits per heavy atom. The number of sulfonamides is 1. The number of hydrogen-bond donors (Lipinski definition) is 1. The van der Waals surface area contributed by atoms with Crippen LogP contribution < -0.4 is 19.1 Å². The van der Waals surface area contributed by atoms with E-state index in [1.165, 1.54) is 24.1 Å². The average Bonchev–Trinajstić information content (AvgIpc) is 3.13. The molecular formula is C39H45N3O6S. The highest BCUT2D eigenvalue weighted by molar-refractivity contribution is 7.92. The van der Waals surface area contributed by atoms with Gasteiger partial charge in [-0.25, -0.2) is 8.42 Å². The Bertz CT molecular complexity index is 1810. The molecule has 0 spiro atoms. The summed E-state index contributed by atoms with van der Waals surface area (Å²) in [5, 5.41) is 3.24. The number of ether oxygens (including phenoxy) is 2. The molecule has 0 aliphatic heterocycles. The highest BCUT2D eigenvalue weighted by atomic mass is 32.2. The van der Waals surface area contributed by atoms with Gasteiger partial charge in [-0.1, -0.05) is 85.5 Å². The number of nitrogens with zero attached hydrogens (tertiary/aromatic N) is 2. The number of nitrogens with one attached hydrogen (secondary N) is 1. The first kappa shape index (κ1) is 35.5. The molecule has 9 nitrogen and oxygen atoms in total.